The predicted molar refractivity (Wildman–Crippen MR) is 104 cm³/mol. The summed E-state index contributed by atoms with van der Waals surface area (Å²) in [5.41, 5.74) is 2.73. The van der Waals surface area contributed by atoms with Gasteiger partial charge in [0, 0.05) is 31.9 Å². The molecule has 1 aliphatic rings. The third kappa shape index (κ3) is 3.48. The maximum Gasteiger partial charge on any atom is 0.321 e. The van der Waals surface area contributed by atoms with Crippen molar-refractivity contribution in [3.8, 4) is 0 Å². The summed E-state index contributed by atoms with van der Waals surface area (Å²) in [4.78, 5) is 21.0. The van der Waals surface area contributed by atoms with Crippen molar-refractivity contribution in [2.75, 3.05) is 36.4 Å². The first-order chi connectivity index (χ1) is 12.6. The smallest absolute Gasteiger partial charge is 0.321 e. The Morgan fingerprint density at radius 1 is 1.15 bits per heavy atom. The predicted octanol–water partition coefficient (Wildman–Crippen LogP) is 4.10. The summed E-state index contributed by atoms with van der Waals surface area (Å²) in [6.45, 7) is 4.68. The number of rotatable bonds is 2. The fourth-order valence-electron chi connectivity index (χ4n) is 3.05. The van der Waals surface area contributed by atoms with E-state index < -0.39 is 0 Å². The topological polar surface area (TPSA) is 48.5 Å². The third-order valence-corrected chi connectivity index (χ3v) is 5.52. The van der Waals surface area contributed by atoms with Crippen molar-refractivity contribution in [2.45, 2.75) is 6.92 Å². The van der Waals surface area contributed by atoms with Gasteiger partial charge in [0.05, 0.1) is 10.2 Å². The van der Waals surface area contributed by atoms with E-state index in [0.717, 1.165) is 26.6 Å². The van der Waals surface area contributed by atoms with Gasteiger partial charge in [-0.15, -0.1) is 0 Å². The lowest BCUT2D eigenvalue weighted by Crippen LogP contribution is -2.50. The number of hydrogen-bond donors (Lipinski definition) is 1. The number of fused-ring (bicyclic) bond motifs is 1. The molecule has 0 saturated carbocycles. The highest BCUT2D eigenvalue weighted by Gasteiger charge is 2.23. The highest BCUT2D eigenvalue weighted by atomic mass is 32.1. The molecule has 1 fully saturated rings. The van der Waals surface area contributed by atoms with Crippen LogP contribution in [0.1, 0.15) is 5.56 Å². The number of aromatic nitrogens is 1. The molecule has 0 spiro atoms. The molecule has 0 atom stereocenters. The van der Waals surface area contributed by atoms with Gasteiger partial charge in [-0.25, -0.2) is 14.2 Å². The second kappa shape index (κ2) is 6.92. The number of nitrogens with zero attached hydrogens (tertiary/aromatic N) is 3. The van der Waals surface area contributed by atoms with Gasteiger partial charge < -0.3 is 15.1 Å². The zero-order valence-corrected chi connectivity index (χ0v) is 15.2. The number of hydrogen-bond acceptors (Lipinski definition) is 4. The molecule has 134 valence electrons. The third-order valence-electron chi connectivity index (χ3n) is 4.45. The van der Waals surface area contributed by atoms with Gasteiger partial charge in [-0.1, -0.05) is 23.5 Å². The molecule has 2 aromatic carbocycles. The van der Waals surface area contributed by atoms with Gasteiger partial charge >= 0.3 is 6.03 Å². The Hall–Kier alpha value is -2.67. The Morgan fingerprint density at radius 3 is 2.73 bits per heavy atom. The average molecular weight is 370 g/mol. The van der Waals surface area contributed by atoms with Crippen LogP contribution in [0.4, 0.5) is 20.0 Å². The van der Waals surface area contributed by atoms with Gasteiger partial charge in [-0.3, -0.25) is 0 Å². The fourth-order valence-corrected chi connectivity index (χ4v) is 4.09. The van der Waals surface area contributed by atoms with E-state index in [1.54, 1.807) is 6.07 Å². The van der Waals surface area contributed by atoms with Gasteiger partial charge in [-0.05, 0) is 42.8 Å². The number of amides is 2. The average Bonchev–Trinajstić information content (AvgIpc) is 3.05. The molecule has 1 aliphatic heterocycles. The molecule has 26 heavy (non-hydrogen) atoms. The lowest BCUT2D eigenvalue weighted by Gasteiger charge is -2.34. The highest BCUT2D eigenvalue weighted by Crippen LogP contribution is 2.29. The SMILES string of the molecule is Cc1cccc(NC(=O)N2CCN(c3nc4ccc(F)cc4s3)CC2)c1. The molecule has 0 radical (unpaired) electrons. The molecule has 1 N–H and O–H groups in total. The zero-order chi connectivity index (χ0) is 18.1. The van der Waals surface area contributed by atoms with Crippen LogP contribution in [0.5, 0.6) is 0 Å². The van der Waals surface area contributed by atoms with Crippen molar-refractivity contribution in [3.63, 3.8) is 0 Å². The van der Waals surface area contributed by atoms with Crippen LogP contribution in [0.25, 0.3) is 10.2 Å². The monoisotopic (exact) mass is 370 g/mol. The van der Waals surface area contributed by atoms with E-state index in [-0.39, 0.29) is 11.8 Å². The van der Waals surface area contributed by atoms with E-state index in [2.05, 4.69) is 15.2 Å². The molecule has 0 aliphatic carbocycles. The number of anilines is 2. The fraction of sp³-hybridized carbons (Fsp3) is 0.263. The van der Waals surface area contributed by atoms with Gasteiger partial charge in [0.15, 0.2) is 5.13 Å². The molecule has 1 saturated heterocycles. The number of piperazine rings is 1. The molecule has 0 unspecified atom stereocenters. The van der Waals surface area contributed by atoms with Crippen LogP contribution >= 0.6 is 11.3 Å². The second-order valence-corrected chi connectivity index (χ2v) is 7.39. The maximum absolute atomic E-state index is 13.3. The Balaban J connectivity index is 1.39. The van der Waals surface area contributed by atoms with Crippen molar-refractivity contribution in [3.05, 3.63) is 53.8 Å². The normalized spacial score (nSPS) is 14.7. The van der Waals surface area contributed by atoms with E-state index in [0.29, 0.717) is 26.2 Å². The second-order valence-electron chi connectivity index (χ2n) is 6.38. The molecule has 5 nitrogen and oxygen atoms in total. The van der Waals surface area contributed by atoms with Gasteiger partial charge in [0.25, 0.3) is 0 Å². The van der Waals surface area contributed by atoms with Crippen LogP contribution in [-0.2, 0) is 0 Å². The first-order valence-electron chi connectivity index (χ1n) is 8.52. The minimum atomic E-state index is -0.245. The van der Waals surface area contributed by atoms with Crippen molar-refractivity contribution in [2.24, 2.45) is 0 Å². The number of halogens is 1. The molecule has 4 rings (SSSR count). The van der Waals surface area contributed by atoms with E-state index in [9.17, 15) is 9.18 Å². The lowest BCUT2D eigenvalue weighted by molar-refractivity contribution is 0.208. The summed E-state index contributed by atoms with van der Waals surface area (Å²) in [6.07, 6.45) is 0. The summed E-state index contributed by atoms with van der Waals surface area (Å²) in [5, 5.41) is 3.83. The van der Waals surface area contributed by atoms with Crippen LogP contribution < -0.4 is 10.2 Å². The number of aryl methyl sites for hydroxylation is 1. The number of benzene rings is 2. The zero-order valence-electron chi connectivity index (χ0n) is 14.4. The maximum atomic E-state index is 13.3. The Morgan fingerprint density at radius 2 is 1.96 bits per heavy atom. The van der Waals surface area contributed by atoms with E-state index in [1.165, 1.54) is 23.5 Å². The van der Waals surface area contributed by atoms with E-state index in [1.807, 2.05) is 36.1 Å². The first kappa shape index (κ1) is 16.8. The number of urea groups is 1. The lowest BCUT2D eigenvalue weighted by atomic mass is 10.2. The van der Waals surface area contributed by atoms with E-state index in [4.69, 9.17) is 0 Å². The molecular weight excluding hydrogens is 351 g/mol. The minimum Gasteiger partial charge on any atom is -0.345 e. The van der Waals surface area contributed by atoms with Crippen molar-refractivity contribution < 1.29 is 9.18 Å². The molecule has 2 amide bonds. The number of thiazole rings is 1. The van der Waals surface area contributed by atoms with Gasteiger partial charge in [-0.2, -0.15) is 0 Å². The Kier molecular flexibility index (Phi) is 4.46. The molecule has 7 heteroatoms. The Labute approximate surface area is 155 Å². The summed E-state index contributed by atoms with van der Waals surface area (Å²) >= 11 is 1.49. The standard InChI is InChI=1S/C19H19FN4OS/c1-13-3-2-4-15(11-13)21-18(25)23-7-9-24(10-8-23)19-22-16-6-5-14(20)12-17(16)26-19/h2-6,11-12H,7-10H2,1H3,(H,21,25). The van der Waals surface area contributed by atoms with Crippen molar-refractivity contribution in [1.82, 2.24) is 9.88 Å². The number of carbonyl (C=O) groups is 1. The molecule has 2 heterocycles. The van der Waals surface area contributed by atoms with Crippen LogP contribution in [0, 0.1) is 12.7 Å². The minimum absolute atomic E-state index is 0.0818. The number of nitrogens with one attached hydrogen (secondary N) is 1. The van der Waals surface area contributed by atoms with Crippen molar-refractivity contribution in [1.29, 1.82) is 0 Å². The summed E-state index contributed by atoms with van der Waals surface area (Å²) in [5.74, 6) is -0.245. The van der Waals surface area contributed by atoms with Crippen molar-refractivity contribution >= 4 is 38.4 Å². The molecule has 3 aromatic rings. The quantitative estimate of drug-likeness (QED) is 0.739. The van der Waals surface area contributed by atoms with Crippen LogP contribution in [0.2, 0.25) is 0 Å². The Bertz CT molecular complexity index is 950. The summed E-state index contributed by atoms with van der Waals surface area (Å²) < 4.78 is 14.2. The highest BCUT2D eigenvalue weighted by molar-refractivity contribution is 7.22. The molecular formula is C19H19FN4OS. The van der Waals surface area contributed by atoms with Gasteiger partial charge in [0.2, 0.25) is 0 Å². The number of carbonyl (C=O) groups excluding carboxylic acids is 1. The molecule has 1 aromatic heterocycles. The van der Waals surface area contributed by atoms with E-state index >= 15 is 0 Å². The van der Waals surface area contributed by atoms with Crippen LogP contribution in [0.3, 0.4) is 0 Å². The summed E-state index contributed by atoms with van der Waals surface area (Å²) in [6, 6.07) is 12.3. The largest absolute Gasteiger partial charge is 0.345 e. The molecule has 0 bridgehead atoms. The first-order valence-corrected chi connectivity index (χ1v) is 9.34. The van der Waals surface area contributed by atoms with Gasteiger partial charge in [0.1, 0.15) is 5.82 Å². The summed E-state index contributed by atoms with van der Waals surface area (Å²) in [7, 11) is 0. The van der Waals surface area contributed by atoms with Crippen LogP contribution in [-0.4, -0.2) is 42.1 Å². The van der Waals surface area contributed by atoms with Crippen LogP contribution in [0.15, 0.2) is 42.5 Å².